The Labute approximate surface area is 166 Å². The summed E-state index contributed by atoms with van der Waals surface area (Å²) in [5, 5.41) is 0.872. The summed E-state index contributed by atoms with van der Waals surface area (Å²) in [6.07, 6.45) is 7.20. The molecular formula is C21H19N7O. The molecule has 4 aromatic rings. The first kappa shape index (κ1) is 17.3. The first-order valence-corrected chi connectivity index (χ1v) is 9.46. The van der Waals surface area contributed by atoms with Crippen molar-refractivity contribution in [3.05, 3.63) is 66.2 Å². The van der Waals surface area contributed by atoms with E-state index >= 15 is 0 Å². The number of H-pyrrole nitrogens is 1. The van der Waals surface area contributed by atoms with Crippen LogP contribution in [-0.4, -0.2) is 41.8 Å². The third kappa shape index (κ3) is 3.52. The molecule has 8 heteroatoms. The Morgan fingerprint density at radius 1 is 1.14 bits per heavy atom. The minimum absolute atomic E-state index is 0.0258. The largest absolute Gasteiger partial charge is 0.368 e. The molecule has 1 amide bonds. The molecule has 0 saturated heterocycles. The third-order valence-corrected chi connectivity index (χ3v) is 4.97. The lowest BCUT2D eigenvalue weighted by Crippen LogP contribution is -2.32. The molecular weight excluding hydrogens is 366 g/mol. The van der Waals surface area contributed by atoms with Crippen molar-refractivity contribution in [3.8, 4) is 11.4 Å². The number of nitrogen functional groups attached to an aromatic ring is 1. The number of nitrogens with one attached hydrogen (secondary N) is 1. The van der Waals surface area contributed by atoms with E-state index < -0.39 is 0 Å². The lowest BCUT2D eigenvalue weighted by atomic mass is 10.2. The zero-order chi connectivity index (χ0) is 19.8. The molecule has 0 bridgehead atoms. The molecule has 5 rings (SSSR count). The summed E-state index contributed by atoms with van der Waals surface area (Å²) in [6, 6.07) is 11.5. The Hall–Kier alpha value is -3.81. The number of nitrogens with zero attached hydrogens (tertiary/aromatic N) is 5. The summed E-state index contributed by atoms with van der Waals surface area (Å²) in [4.78, 5) is 35.2. The Balaban J connectivity index is 1.45. The van der Waals surface area contributed by atoms with Crippen molar-refractivity contribution in [2.45, 2.75) is 25.4 Å². The smallest absolute Gasteiger partial charge is 0.270 e. The van der Waals surface area contributed by atoms with E-state index in [1.165, 1.54) is 0 Å². The fraction of sp³-hybridized carbons (Fsp3) is 0.190. The second-order valence-electron chi connectivity index (χ2n) is 7.14. The topological polar surface area (TPSA) is 114 Å². The van der Waals surface area contributed by atoms with Gasteiger partial charge in [0, 0.05) is 36.6 Å². The third-order valence-electron chi connectivity index (χ3n) is 4.97. The van der Waals surface area contributed by atoms with Crippen LogP contribution >= 0.6 is 0 Å². The minimum Gasteiger partial charge on any atom is -0.368 e. The minimum atomic E-state index is -0.0258. The van der Waals surface area contributed by atoms with Gasteiger partial charge in [0.15, 0.2) is 0 Å². The number of hydrogen-bond donors (Lipinski definition) is 2. The number of amides is 1. The van der Waals surface area contributed by atoms with E-state index in [1.807, 2.05) is 35.2 Å². The second kappa shape index (κ2) is 6.97. The second-order valence-corrected chi connectivity index (χ2v) is 7.14. The van der Waals surface area contributed by atoms with Crippen LogP contribution in [0.3, 0.4) is 0 Å². The molecule has 1 saturated carbocycles. The van der Waals surface area contributed by atoms with Gasteiger partial charge in [0.2, 0.25) is 5.95 Å². The van der Waals surface area contributed by atoms with E-state index in [9.17, 15) is 4.79 Å². The highest BCUT2D eigenvalue weighted by Gasteiger charge is 2.33. The van der Waals surface area contributed by atoms with Crippen molar-refractivity contribution >= 4 is 22.9 Å². The number of pyridine rings is 2. The van der Waals surface area contributed by atoms with Gasteiger partial charge in [-0.05, 0) is 48.7 Å². The van der Waals surface area contributed by atoms with Crippen molar-refractivity contribution in [2.75, 3.05) is 5.73 Å². The zero-order valence-electron chi connectivity index (χ0n) is 15.6. The monoisotopic (exact) mass is 385 g/mol. The number of aromatic amines is 1. The number of nitrogens with two attached hydrogens (primary N) is 1. The molecule has 1 fully saturated rings. The lowest BCUT2D eigenvalue weighted by Gasteiger charge is -2.21. The summed E-state index contributed by atoms with van der Waals surface area (Å²) >= 11 is 0. The zero-order valence-corrected chi connectivity index (χ0v) is 15.6. The highest BCUT2D eigenvalue weighted by Crippen LogP contribution is 2.30. The Kier molecular flexibility index (Phi) is 4.16. The summed E-state index contributed by atoms with van der Waals surface area (Å²) in [5.41, 5.74) is 9.16. The predicted octanol–water partition coefficient (Wildman–Crippen LogP) is 2.80. The average molecular weight is 385 g/mol. The highest BCUT2D eigenvalue weighted by atomic mass is 16.2. The number of aromatic nitrogens is 5. The first-order valence-electron chi connectivity index (χ1n) is 9.46. The van der Waals surface area contributed by atoms with Gasteiger partial charge in [-0.25, -0.2) is 15.0 Å². The number of anilines is 1. The Morgan fingerprint density at radius 3 is 2.76 bits per heavy atom. The average Bonchev–Trinajstić information content (AvgIpc) is 3.50. The summed E-state index contributed by atoms with van der Waals surface area (Å²) < 4.78 is 0. The molecule has 0 atom stereocenters. The van der Waals surface area contributed by atoms with Crippen LogP contribution in [-0.2, 0) is 6.54 Å². The summed E-state index contributed by atoms with van der Waals surface area (Å²) in [6.45, 7) is 0.547. The van der Waals surface area contributed by atoms with Crippen LogP contribution in [0.1, 0.15) is 28.9 Å². The lowest BCUT2D eigenvalue weighted by molar-refractivity contribution is 0.0724. The van der Waals surface area contributed by atoms with Crippen LogP contribution in [0.15, 0.2) is 55.0 Å². The fourth-order valence-corrected chi connectivity index (χ4v) is 3.38. The van der Waals surface area contributed by atoms with Crippen LogP contribution < -0.4 is 5.73 Å². The SMILES string of the molecule is Nc1nccc(-c2ccc3cc(C(=O)N(Cc4cccnc4)C4CC4)[nH]c3n2)n1. The predicted molar refractivity (Wildman–Crippen MR) is 109 cm³/mol. The van der Waals surface area contributed by atoms with Crippen LogP contribution in [0.2, 0.25) is 0 Å². The standard InChI is InChI=1S/C21H19N7O/c22-21-24-9-7-17(27-21)16-6-3-14-10-18(26-19(14)25-16)20(29)28(15-4-5-15)12-13-2-1-8-23-11-13/h1-3,6-11,15H,4-5,12H2,(H,25,26)(H2,22,24,27). The number of carbonyl (C=O) groups is 1. The Morgan fingerprint density at radius 2 is 2.00 bits per heavy atom. The molecule has 0 unspecified atom stereocenters. The number of carbonyl (C=O) groups excluding carboxylic acids is 1. The van der Waals surface area contributed by atoms with Crippen LogP contribution in [0.4, 0.5) is 5.95 Å². The van der Waals surface area contributed by atoms with Gasteiger partial charge >= 0.3 is 0 Å². The molecule has 4 aromatic heterocycles. The highest BCUT2D eigenvalue weighted by molar-refractivity contribution is 5.97. The van der Waals surface area contributed by atoms with Crippen molar-refractivity contribution < 1.29 is 4.79 Å². The maximum atomic E-state index is 13.2. The van der Waals surface area contributed by atoms with Crippen LogP contribution in [0.5, 0.6) is 0 Å². The van der Waals surface area contributed by atoms with Gasteiger partial charge in [-0.15, -0.1) is 0 Å². The van der Waals surface area contributed by atoms with E-state index in [1.54, 1.807) is 24.7 Å². The van der Waals surface area contributed by atoms with E-state index in [2.05, 4.69) is 24.9 Å². The molecule has 3 N–H and O–H groups in total. The molecule has 0 radical (unpaired) electrons. The van der Waals surface area contributed by atoms with Gasteiger partial charge < -0.3 is 15.6 Å². The molecule has 0 spiro atoms. The molecule has 0 aliphatic heterocycles. The van der Waals surface area contributed by atoms with Gasteiger partial charge in [0.1, 0.15) is 11.3 Å². The molecule has 8 nitrogen and oxygen atoms in total. The van der Waals surface area contributed by atoms with Gasteiger partial charge in [-0.3, -0.25) is 9.78 Å². The van der Waals surface area contributed by atoms with Crippen molar-refractivity contribution in [1.29, 1.82) is 0 Å². The maximum Gasteiger partial charge on any atom is 0.270 e. The Bertz CT molecular complexity index is 1180. The normalized spacial score (nSPS) is 13.5. The molecule has 1 aliphatic carbocycles. The molecule has 144 valence electrons. The number of rotatable bonds is 5. The fourth-order valence-electron chi connectivity index (χ4n) is 3.38. The van der Waals surface area contributed by atoms with E-state index in [-0.39, 0.29) is 17.9 Å². The molecule has 1 aliphatic rings. The van der Waals surface area contributed by atoms with Crippen molar-refractivity contribution in [3.63, 3.8) is 0 Å². The van der Waals surface area contributed by atoms with Crippen molar-refractivity contribution in [1.82, 2.24) is 29.8 Å². The number of hydrogen-bond acceptors (Lipinski definition) is 6. The van der Waals surface area contributed by atoms with Gasteiger partial charge in [0.25, 0.3) is 5.91 Å². The first-order chi connectivity index (χ1) is 14.2. The molecule has 29 heavy (non-hydrogen) atoms. The molecule has 4 heterocycles. The quantitative estimate of drug-likeness (QED) is 0.546. The van der Waals surface area contributed by atoms with Gasteiger partial charge in [-0.2, -0.15) is 0 Å². The van der Waals surface area contributed by atoms with Gasteiger partial charge in [0.05, 0.1) is 11.4 Å². The van der Waals surface area contributed by atoms with Crippen LogP contribution in [0, 0.1) is 0 Å². The van der Waals surface area contributed by atoms with E-state index in [0.29, 0.717) is 29.3 Å². The van der Waals surface area contributed by atoms with E-state index in [0.717, 1.165) is 23.8 Å². The summed E-state index contributed by atoms with van der Waals surface area (Å²) in [5.74, 6) is 0.171. The van der Waals surface area contributed by atoms with Crippen LogP contribution in [0.25, 0.3) is 22.4 Å². The number of fused-ring (bicyclic) bond motifs is 1. The summed E-state index contributed by atoms with van der Waals surface area (Å²) in [7, 11) is 0. The molecule has 0 aromatic carbocycles. The van der Waals surface area contributed by atoms with Crippen molar-refractivity contribution in [2.24, 2.45) is 0 Å². The van der Waals surface area contributed by atoms with E-state index in [4.69, 9.17) is 5.73 Å². The van der Waals surface area contributed by atoms with Gasteiger partial charge in [-0.1, -0.05) is 6.07 Å². The maximum absolute atomic E-state index is 13.2.